The Morgan fingerprint density at radius 3 is 2.84 bits per heavy atom. The zero-order chi connectivity index (χ0) is 12.8. The maximum atomic E-state index is 6.07. The van der Waals surface area contributed by atoms with Crippen LogP contribution < -0.4 is 5.73 Å². The summed E-state index contributed by atoms with van der Waals surface area (Å²) in [6, 6.07) is 16.9. The molecule has 0 bridgehead atoms. The second-order valence-corrected chi connectivity index (χ2v) is 5.21. The lowest BCUT2D eigenvalue weighted by molar-refractivity contribution is 0.631. The first-order valence-electron chi connectivity index (χ1n) is 6.68. The SMILES string of the molecule is NC1CCc2cc(-c3cc4ccccc4o3)ccc21. The number of fused-ring (bicyclic) bond motifs is 2. The van der Waals surface area contributed by atoms with E-state index < -0.39 is 0 Å². The summed E-state index contributed by atoms with van der Waals surface area (Å²) in [6.45, 7) is 0. The lowest BCUT2D eigenvalue weighted by atomic mass is 10.0. The first kappa shape index (κ1) is 10.8. The Balaban J connectivity index is 1.84. The molecule has 3 aromatic rings. The van der Waals surface area contributed by atoms with Crippen molar-refractivity contribution < 1.29 is 4.42 Å². The summed E-state index contributed by atoms with van der Waals surface area (Å²) in [7, 11) is 0. The van der Waals surface area contributed by atoms with Crippen molar-refractivity contribution in [2.24, 2.45) is 5.73 Å². The highest BCUT2D eigenvalue weighted by molar-refractivity contribution is 5.82. The fraction of sp³-hybridized carbons (Fsp3) is 0.176. The van der Waals surface area contributed by atoms with E-state index in [0.29, 0.717) is 0 Å². The minimum absolute atomic E-state index is 0.208. The van der Waals surface area contributed by atoms with Gasteiger partial charge in [-0.05, 0) is 42.2 Å². The molecule has 1 atom stereocenters. The van der Waals surface area contributed by atoms with Gasteiger partial charge in [0.25, 0.3) is 0 Å². The van der Waals surface area contributed by atoms with Gasteiger partial charge < -0.3 is 10.2 Å². The maximum Gasteiger partial charge on any atom is 0.135 e. The molecule has 1 aromatic heterocycles. The number of aryl methyl sites for hydroxylation is 1. The van der Waals surface area contributed by atoms with Crippen molar-refractivity contribution in [3.05, 3.63) is 59.7 Å². The monoisotopic (exact) mass is 249 g/mol. The summed E-state index contributed by atoms with van der Waals surface area (Å²) in [6.07, 6.45) is 2.13. The fourth-order valence-electron chi connectivity index (χ4n) is 2.93. The molecule has 1 aliphatic carbocycles. The Morgan fingerprint density at radius 1 is 1.05 bits per heavy atom. The summed E-state index contributed by atoms with van der Waals surface area (Å²) in [5.74, 6) is 0.935. The number of furan rings is 1. The van der Waals surface area contributed by atoms with Gasteiger partial charge in [-0.25, -0.2) is 0 Å². The number of hydrogen-bond acceptors (Lipinski definition) is 2. The molecular formula is C17H15NO. The smallest absolute Gasteiger partial charge is 0.135 e. The molecule has 0 radical (unpaired) electrons. The molecule has 2 N–H and O–H groups in total. The average molecular weight is 249 g/mol. The molecule has 0 amide bonds. The molecule has 0 fully saturated rings. The van der Waals surface area contributed by atoms with E-state index >= 15 is 0 Å². The van der Waals surface area contributed by atoms with Gasteiger partial charge in [-0.2, -0.15) is 0 Å². The molecule has 1 aliphatic rings. The molecule has 0 aliphatic heterocycles. The third-order valence-corrected chi connectivity index (χ3v) is 3.98. The fourth-order valence-corrected chi connectivity index (χ4v) is 2.93. The molecule has 94 valence electrons. The quantitative estimate of drug-likeness (QED) is 0.706. The number of rotatable bonds is 1. The van der Waals surface area contributed by atoms with E-state index in [9.17, 15) is 0 Å². The molecule has 0 spiro atoms. The van der Waals surface area contributed by atoms with E-state index in [1.165, 1.54) is 11.1 Å². The van der Waals surface area contributed by atoms with Gasteiger partial charge in [0.05, 0.1) is 0 Å². The van der Waals surface area contributed by atoms with Gasteiger partial charge in [0.1, 0.15) is 11.3 Å². The van der Waals surface area contributed by atoms with Gasteiger partial charge in [-0.3, -0.25) is 0 Å². The first-order valence-corrected chi connectivity index (χ1v) is 6.68. The van der Waals surface area contributed by atoms with Crippen LogP contribution in [-0.2, 0) is 6.42 Å². The molecule has 1 unspecified atom stereocenters. The van der Waals surface area contributed by atoms with Crippen LogP contribution in [0.5, 0.6) is 0 Å². The summed E-state index contributed by atoms with van der Waals surface area (Å²) < 4.78 is 5.91. The van der Waals surface area contributed by atoms with Crippen molar-refractivity contribution in [1.82, 2.24) is 0 Å². The Morgan fingerprint density at radius 2 is 1.95 bits per heavy atom. The van der Waals surface area contributed by atoms with E-state index in [1.807, 2.05) is 18.2 Å². The molecule has 2 heteroatoms. The molecule has 1 heterocycles. The molecule has 2 nitrogen and oxygen atoms in total. The predicted octanol–water partition coefficient (Wildman–Crippen LogP) is 4.05. The highest BCUT2D eigenvalue weighted by Crippen LogP contribution is 2.34. The zero-order valence-corrected chi connectivity index (χ0v) is 10.6. The largest absolute Gasteiger partial charge is 0.456 e. The van der Waals surface area contributed by atoms with Crippen LogP contribution >= 0.6 is 0 Å². The van der Waals surface area contributed by atoms with E-state index in [0.717, 1.165) is 35.1 Å². The minimum atomic E-state index is 0.208. The molecule has 2 aromatic carbocycles. The third-order valence-electron chi connectivity index (χ3n) is 3.98. The van der Waals surface area contributed by atoms with Crippen molar-refractivity contribution >= 4 is 11.0 Å². The van der Waals surface area contributed by atoms with Crippen molar-refractivity contribution in [3.8, 4) is 11.3 Å². The van der Waals surface area contributed by atoms with Gasteiger partial charge in [-0.1, -0.05) is 30.3 Å². The van der Waals surface area contributed by atoms with Crippen LogP contribution in [-0.4, -0.2) is 0 Å². The van der Waals surface area contributed by atoms with Gasteiger partial charge >= 0.3 is 0 Å². The van der Waals surface area contributed by atoms with Gasteiger partial charge in [0.2, 0.25) is 0 Å². The highest BCUT2D eigenvalue weighted by Gasteiger charge is 2.19. The molecule has 0 saturated heterocycles. The van der Waals surface area contributed by atoms with E-state index in [4.69, 9.17) is 10.2 Å². The van der Waals surface area contributed by atoms with Gasteiger partial charge in [0.15, 0.2) is 0 Å². The molecule has 0 saturated carbocycles. The second-order valence-electron chi connectivity index (χ2n) is 5.21. The van der Waals surface area contributed by atoms with Crippen molar-refractivity contribution in [2.75, 3.05) is 0 Å². The van der Waals surface area contributed by atoms with Crippen LogP contribution in [0.3, 0.4) is 0 Å². The summed E-state index contributed by atoms with van der Waals surface area (Å²) in [4.78, 5) is 0. The predicted molar refractivity (Wildman–Crippen MR) is 76.9 cm³/mol. The summed E-state index contributed by atoms with van der Waals surface area (Å²) >= 11 is 0. The van der Waals surface area contributed by atoms with Crippen molar-refractivity contribution in [2.45, 2.75) is 18.9 Å². The van der Waals surface area contributed by atoms with Crippen LogP contribution in [0, 0.1) is 0 Å². The highest BCUT2D eigenvalue weighted by atomic mass is 16.3. The summed E-state index contributed by atoms with van der Waals surface area (Å²) in [5.41, 5.74) is 10.8. The first-order chi connectivity index (χ1) is 9.31. The lowest BCUT2D eigenvalue weighted by Gasteiger charge is -2.05. The average Bonchev–Trinajstić information content (AvgIpc) is 3.02. The normalized spacial score (nSPS) is 17.8. The Labute approximate surface area is 111 Å². The number of benzene rings is 2. The number of nitrogens with two attached hydrogens (primary N) is 1. The molecular weight excluding hydrogens is 234 g/mol. The van der Waals surface area contributed by atoms with Crippen LogP contribution in [0.15, 0.2) is 52.9 Å². The topological polar surface area (TPSA) is 39.2 Å². The lowest BCUT2D eigenvalue weighted by Crippen LogP contribution is -2.04. The third kappa shape index (κ3) is 1.68. The van der Waals surface area contributed by atoms with E-state index in [-0.39, 0.29) is 6.04 Å². The summed E-state index contributed by atoms with van der Waals surface area (Å²) in [5, 5.41) is 1.15. The zero-order valence-electron chi connectivity index (χ0n) is 10.6. The van der Waals surface area contributed by atoms with Crippen LogP contribution in [0.2, 0.25) is 0 Å². The van der Waals surface area contributed by atoms with Crippen molar-refractivity contribution in [1.29, 1.82) is 0 Å². The van der Waals surface area contributed by atoms with Gasteiger partial charge in [-0.15, -0.1) is 0 Å². The van der Waals surface area contributed by atoms with E-state index in [1.54, 1.807) is 0 Å². The standard InChI is InChI=1S/C17H15NO/c18-15-8-6-11-9-13(5-7-14(11)15)17-10-12-3-1-2-4-16(12)19-17/h1-5,7,9-10,15H,6,8,18H2. The Hall–Kier alpha value is -2.06. The second kappa shape index (κ2) is 3.97. The number of para-hydroxylation sites is 1. The van der Waals surface area contributed by atoms with Crippen LogP contribution in [0.25, 0.3) is 22.3 Å². The molecule has 4 rings (SSSR count). The van der Waals surface area contributed by atoms with Crippen LogP contribution in [0.4, 0.5) is 0 Å². The Bertz CT molecular complexity index is 724. The minimum Gasteiger partial charge on any atom is -0.456 e. The number of hydrogen-bond donors (Lipinski definition) is 1. The molecule has 19 heavy (non-hydrogen) atoms. The van der Waals surface area contributed by atoms with Crippen molar-refractivity contribution in [3.63, 3.8) is 0 Å². The Kier molecular flexibility index (Phi) is 2.26. The van der Waals surface area contributed by atoms with E-state index in [2.05, 4.69) is 30.3 Å². The maximum absolute atomic E-state index is 6.07. The van der Waals surface area contributed by atoms with Gasteiger partial charge in [0, 0.05) is 17.0 Å². The van der Waals surface area contributed by atoms with Crippen LogP contribution in [0.1, 0.15) is 23.6 Å².